The molecule has 0 spiro atoms. The molecule has 22 heavy (non-hydrogen) atoms. The van der Waals surface area contributed by atoms with Crippen LogP contribution in [0, 0.1) is 0 Å². The van der Waals surface area contributed by atoms with E-state index in [-0.39, 0.29) is 5.91 Å². The van der Waals surface area contributed by atoms with Crippen LogP contribution in [0.5, 0.6) is 5.75 Å². The van der Waals surface area contributed by atoms with Crippen molar-refractivity contribution in [3.8, 4) is 5.75 Å². The van der Waals surface area contributed by atoms with Crippen LogP contribution in [0.15, 0.2) is 54.9 Å². The third-order valence-electron chi connectivity index (χ3n) is 3.13. The van der Waals surface area contributed by atoms with E-state index < -0.39 is 0 Å². The van der Waals surface area contributed by atoms with Crippen molar-refractivity contribution in [1.82, 2.24) is 9.88 Å². The number of carbonyl (C=O) groups is 1. The van der Waals surface area contributed by atoms with Gasteiger partial charge in [-0.05, 0) is 42.3 Å². The minimum atomic E-state index is -0.0438. The molecule has 0 N–H and O–H groups in total. The van der Waals surface area contributed by atoms with E-state index in [1.165, 1.54) is 0 Å². The first-order valence-electron chi connectivity index (χ1n) is 7.24. The Labute approximate surface area is 131 Å². The molecule has 4 nitrogen and oxygen atoms in total. The van der Waals surface area contributed by atoms with Gasteiger partial charge in [0.2, 0.25) is 5.91 Å². The highest BCUT2D eigenvalue weighted by Gasteiger charge is 2.06. The molecule has 4 heteroatoms. The molecule has 0 fully saturated rings. The van der Waals surface area contributed by atoms with Gasteiger partial charge in [0.1, 0.15) is 5.75 Å². The Morgan fingerprint density at radius 3 is 2.68 bits per heavy atom. The van der Waals surface area contributed by atoms with Gasteiger partial charge in [-0.15, -0.1) is 0 Å². The van der Waals surface area contributed by atoms with E-state index >= 15 is 0 Å². The largest absolute Gasteiger partial charge is 0.494 e. The van der Waals surface area contributed by atoms with Gasteiger partial charge in [0.25, 0.3) is 0 Å². The SMILES string of the molecule is CCOc1ccc(CN(C)C(=O)/C=C/c2cccnc2)cc1. The lowest BCUT2D eigenvalue weighted by Gasteiger charge is -2.15. The standard InChI is InChI=1S/C18H20N2O2/c1-3-22-17-9-6-16(7-10-17)14-20(2)18(21)11-8-15-5-4-12-19-13-15/h4-13H,3,14H2,1-2H3/b11-8+. The Kier molecular flexibility index (Phi) is 5.72. The van der Waals surface area contributed by atoms with E-state index in [2.05, 4.69) is 4.98 Å². The monoisotopic (exact) mass is 296 g/mol. The molecule has 0 unspecified atom stereocenters. The van der Waals surface area contributed by atoms with Crippen LogP contribution in [0.2, 0.25) is 0 Å². The van der Waals surface area contributed by atoms with Crippen molar-refractivity contribution >= 4 is 12.0 Å². The lowest BCUT2D eigenvalue weighted by molar-refractivity contribution is -0.125. The molecule has 0 aliphatic carbocycles. The van der Waals surface area contributed by atoms with Crippen LogP contribution in [0.1, 0.15) is 18.1 Å². The number of amides is 1. The summed E-state index contributed by atoms with van der Waals surface area (Å²) in [6.45, 7) is 3.16. The van der Waals surface area contributed by atoms with Gasteiger partial charge in [0.05, 0.1) is 6.61 Å². The number of pyridine rings is 1. The molecule has 1 amide bonds. The van der Waals surface area contributed by atoms with Crippen LogP contribution in [0.3, 0.4) is 0 Å². The lowest BCUT2D eigenvalue weighted by atomic mass is 10.2. The molecule has 0 saturated carbocycles. The van der Waals surface area contributed by atoms with Crippen LogP contribution >= 0.6 is 0 Å². The number of carbonyl (C=O) groups excluding carboxylic acids is 1. The molecule has 0 aliphatic heterocycles. The third kappa shape index (κ3) is 4.74. The molecule has 2 aromatic rings. The molecule has 0 bridgehead atoms. The summed E-state index contributed by atoms with van der Waals surface area (Å²) in [5, 5.41) is 0. The number of likely N-dealkylation sites (N-methyl/N-ethyl adjacent to an activating group) is 1. The summed E-state index contributed by atoms with van der Waals surface area (Å²) >= 11 is 0. The van der Waals surface area contributed by atoms with Crippen LogP contribution in [0.25, 0.3) is 6.08 Å². The fraction of sp³-hybridized carbons (Fsp3) is 0.222. The molecule has 1 aromatic heterocycles. The Morgan fingerprint density at radius 1 is 1.27 bits per heavy atom. The number of nitrogens with zero attached hydrogens (tertiary/aromatic N) is 2. The van der Waals surface area contributed by atoms with Gasteiger partial charge in [-0.2, -0.15) is 0 Å². The average Bonchev–Trinajstić information content (AvgIpc) is 2.55. The predicted molar refractivity (Wildman–Crippen MR) is 87.4 cm³/mol. The first-order chi connectivity index (χ1) is 10.7. The first kappa shape index (κ1) is 15.8. The van der Waals surface area contributed by atoms with Gasteiger partial charge < -0.3 is 9.64 Å². The average molecular weight is 296 g/mol. The molecular weight excluding hydrogens is 276 g/mol. The molecule has 0 radical (unpaired) electrons. The zero-order chi connectivity index (χ0) is 15.8. The van der Waals surface area contributed by atoms with Crippen molar-refractivity contribution in [2.45, 2.75) is 13.5 Å². The molecule has 2 rings (SSSR count). The molecule has 1 heterocycles. The molecule has 114 valence electrons. The summed E-state index contributed by atoms with van der Waals surface area (Å²) in [5.74, 6) is 0.800. The van der Waals surface area contributed by atoms with Crippen molar-refractivity contribution in [1.29, 1.82) is 0 Å². The van der Waals surface area contributed by atoms with Crippen LogP contribution in [0.4, 0.5) is 0 Å². The normalized spacial score (nSPS) is 10.6. The highest BCUT2D eigenvalue weighted by atomic mass is 16.5. The second kappa shape index (κ2) is 7.98. The van der Waals surface area contributed by atoms with Gasteiger partial charge in [0.15, 0.2) is 0 Å². The molecule has 0 saturated heterocycles. The number of hydrogen-bond donors (Lipinski definition) is 0. The van der Waals surface area contributed by atoms with Gasteiger partial charge >= 0.3 is 0 Å². The fourth-order valence-electron chi connectivity index (χ4n) is 1.98. The number of benzene rings is 1. The molecular formula is C18H20N2O2. The first-order valence-corrected chi connectivity index (χ1v) is 7.24. The van der Waals surface area contributed by atoms with Gasteiger partial charge in [0, 0.05) is 32.1 Å². The fourth-order valence-corrected chi connectivity index (χ4v) is 1.98. The predicted octanol–water partition coefficient (Wildman–Crippen LogP) is 3.15. The second-order valence-electron chi connectivity index (χ2n) is 4.89. The van der Waals surface area contributed by atoms with Crippen LogP contribution in [-0.4, -0.2) is 29.4 Å². The van der Waals surface area contributed by atoms with Crippen molar-refractivity contribution in [2.75, 3.05) is 13.7 Å². The highest BCUT2D eigenvalue weighted by molar-refractivity contribution is 5.91. The van der Waals surface area contributed by atoms with Crippen molar-refractivity contribution in [3.63, 3.8) is 0 Å². The minimum absolute atomic E-state index is 0.0438. The number of rotatable bonds is 6. The second-order valence-corrected chi connectivity index (χ2v) is 4.89. The Bertz CT molecular complexity index is 621. The molecule has 0 atom stereocenters. The summed E-state index contributed by atoms with van der Waals surface area (Å²) < 4.78 is 5.40. The summed E-state index contributed by atoms with van der Waals surface area (Å²) in [7, 11) is 1.78. The Morgan fingerprint density at radius 2 is 2.05 bits per heavy atom. The van der Waals surface area contributed by atoms with E-state index in [1.54, 1.807) is 36.5 Å². The summed E-state index contributed by atoms with van der Waals surface area (Å²) in [6, 6.07) is 11.5. The number of aromatic nitrogens is 1. The minimum Gasteiger partial charge on any atom is -0.494 e. The van der Waals surface area contributed by atoms with E-state index in [0.29, 0.717) is 13.2 Å². The highest BCUT2D eigenvalue weighted by Crippen LogP contribution is 2.13. The maximum absolute atomic E-state index is 12.1. The Hall–Kier alpha value is -2.62. The van der Waals surface area contributed by atoms with E-state index in [0.717, 1.165) is 16.9 Å². The van der Waals surface area contributed by atoms with E-state index in [9.17, 15) is 4.79 Å². The zero-order valence-corrected chi connectivity index (χ0v) is 12.9. The van der Waals surface area contributed by atoms with Gasteiger partial charge in [-0.3, -0.25) is 9.78 Å². The van der Waals surface area contributed by atoms with Crippen molar-refractivity contribution in [2.24, 2.45) is 0 Å². The zero-order valence-electron chi connectivity index (χ0n) is 12.9. The van der Waals surface area contributed by atoms with Crippen LogP contribution < -0.4 is 4.74 Å². The Balaban J connectivity index is 1.92. The maximum Gasteiger partial charge on any atom is 0.246 e. The number of ether oxygens (including phenoxy) is 1. The molecule has 0 aliphatic rings. The third-order valence-corrected chi connectivity index (χ3v) is 3.13. The summed E-state index contributed by atoms with van der Waals surface area (Å²) in [6.07, 6.45) is 6.75. The maximum atomic E-state index is 12.1. The van der Waals surface area contributed by atoms with E-state index in [1.807, 2.05) is 43.3 Å². The van der Waals surface area contributed by atoms with Gasteiger partial charge in [-0.25, -0.2) is 0 Å². The van der Waals surface area contributed by atoms with E-state index in [4.69, 9.17) is 4.74 Å². The topological polar surface area (TPSA) is 42.4 Å². The lowest BCUT2D eigenvalue weighted by Crippen LogP contribution is -2.24. The molecule has 1 aromatic carbocycles. The quantitative estimate of drug-likeness (QED) is 0.769. The number of hydrogen-bond acceptors (Lipinski definition) is 3. The smallest absolute Gasteiger partial charge is 0.246 e. The van der Waals surface area contributed by atoms with Crippen molar-refractivity contribution < 1.29 is 9.53 Å². The van der Waals surface area contributed by atoms with Crippen molar-refractivity contribution in [3.05, 3.63) is 66.0 Å². The van der Waals surface area contributed by atoms with Gasteiger partial charge in [-0.1, -0.05) is 18.2 Å². The summed E-state index contributed by atoms with van der Waals surface area (Å²) in [4.78, 5) is 17.8. The van der Waals surface area contributed by atoms with Crippen LogP contribution in [-0.2, 0) is 11.3 Å². The summed E-state index contributed by atoms with van der Waals surface area (Å²) in [5.41, 5.74) is 1.97.